The fraction of sp³-hybridized carbons (Fsp3) is 0.667. The lowest BCUT2D eigenvalue weighted by Gasteiger charge is -2.35. The van der Waals surface area contributed by atoms with Crippen LogP contribution in [0.15, 0.2) is 24.3 Å². The largest absolute Gasteiger partial charge is 0.300 e. The smallest absolute Gasteiger partial charge is 0.0139 e. The van der Waals surface area contributed by atoms with Crippen molar-refractivity contribution in [2.24, 2.45) is 0 Å². The van der Waals surface area contributed by atoms with Gasteiger partial charge in [0.15, 0.2) is 0 Å². The minimum atomic E-state index is 0.785. The lowest BCUT2D eigenvalue weighted by molar-refractivity contribution is 0.174. The lowest BCUT2D eigenvalue weighted by Crippen LogP contribution is -2.40. The van der Waals surface area contributed by atoms with E-state index in [0.29, 0.717) is 0 Å². The van der Waals surface area contributed by atoms with E-state index in [1.54, 1.807) is 11.1 Å². The Labute approximate surface area is 119 Å². The van der Waals surface area contributed by atoms with E-state index in [1.807, 2.05) is 0 Å². The molecule has 0 fully saturated rings. The molecule has 1 atom stereocenters. The van der Waals surface area contributed by atoms with Crippen LogP contribution in [-0.2, 0) is 12.8 Å². The van der Waals surface area contributed by atoms with Gasteiger partial charge < -0.3 is 4.90 Å². The summed E-state index contributed by atoms with van der Waals surface area (Å²) in [5.41, 5.74) is 3.18. The average Bonchev–Trinajstić information content (AvgIpc) is 2.47. The molecule has 106 valence electrons. The summed E-state index contributed by atoms with van der Waals surface area (Å²) in [5.74, 6) is 0. The number of hydrogen-bond donors (Lipinski definition) is 0. The molecule has 0 aromatic heterocycles. The van der Waals surface area contributed by atoms with Crippen LogP contribution in [-0.4, -0.2) is 24.0 Å². The summed E-state index contributed by atoms with van der Waals surface area (Å²) in [5, 5.41) is 0. The van der Waals surface area contributed by atoms with Gasteiger partial charge in [-0.25, -0.2) is 0 Å². The molecule has 1 aliphatic rings. The Balaban J connectivity index is 1.98. The van der Waals surface area contributed by atoms with Crippen molar-refractivity contribution in [3.05, 3.63) is 35.4 Å². The molecule has 2 rings (SSSR count). The second-order valence-corrected chi connectivity index (χ2v) is 5.91. The summed E-state index contributed by atoms with van der Waals surface area (Å²) in [6.07, 6.45) is 9.21. The summed E-state index contributed by atoms with van der Waals surface area (Å²) in [6, 6.07) is 9.81. The van der Waals surface area contributed by atoms with Crippen molar-refractivity contribution in [2.45, 2.75) is 64.8 Å². The third kappa shape index (κ3) is 4.07. The molecule has 1 heteroatoms. The van der Waals surface area contributed by atoms with Crippen molar-refractivity contribution in [3.8, 4) is 0 Å². The first-order chi connectivity index (χ1) is 9.35. The molecular weight excluding hydrogens is 230 g/mol. The van der Waals surface area contributed by atoms with Gasteiger partial charge >= 0.3 is 0 Å². The molecule has 0 saturated carbocycles. The SMILES string of the molecule is CCCCN(CCCC)C1CCc2ccccc2C1. The Morgan fingerprint density at radius 1 is 1.00 bits per heavy atom. The minimum Gasteiger partial charge on any atom is -0.300 e. The lowest BCUT2D eigenvalue weighted by atomic mass is 9.87. The summed E-state index contributed by atoms with van der Waals surface area (Å²) >= 11 is 0. The Kier molecular flexibility index (Phi) is 5.91. The highest BCUT2D eigenvalue weighted by Crippen LogP contribution is 2.25. The van der Waals surface area contributed by atoms with Gasteiger partial charge in [-0.15, -0.1) is 0 Å². The van der Waals surface area contributed by atoms with Crippen LogP contribution in [0.3, 0.4) is 0 Å². The van der Waals surface area contributed by atoms with Gasteiger partial charge in [0, 0.05) is 6.04 Å². The number of rotatable bonds is 7. The summed E-state index contributed by atoms with van der Waals surface area (Å²) in [6.45, 7) is 7.19. The van der Waals surface area contributed by atoms with Crippen molar-refractivity contribution >= 4 is 0 Å². The zero-order chi connectivity index (χ0) is 13.5. The highest BCUT2D eigenvalue weighted by atomic mass is 15.1. The van der Waals surface area contributed by atoms with Crippen molar-refractivity contribution in [1.29, 1.82) is 0 Å². The van der Waals surface area contributed by atoms with Crippen LogP contribution in [0.1, 0.15) is 57.1 Å². The number of unbranched alkanes of at least 4 members (excludes halogenated alkanes) is 2. The highest BCUT2D eigenvalue weighted by molar-refractivity contribution is 5.30. The fourth-order valence-corrected chi connectivity index (χ4v) is 3.19. The van der Waals surface area contributed by atoms with Gasteiger partial charge in [0.2, 0.25) is 0 Å². The summed E-state index contributed by atoms with van der Waals surface area (Å²) < 4.78 is 0. The van der Waals surface area contributed by atoms with Gasteiger partial charge in [0.05, 0.1) is 0 Å². The number of aryl methyl sites for hydroxylation is 1. The number of nitrogens with zero attached hydrogens (tertiary/aromatic N) is 1. The first-order valence-corrected chi connectivity index (χ1v) is 8.16. The van der Waals surface area contributed by atoms with Crippen molar-refractivity contribution in [2.75, 3.05) is 13.1 Å². The monoisotopic (exact) mass is 259 g/mol. The van der Waals surface area contributed by atoms with Crippen LogP contribution >= 0.6 is 0 Å². The van der Waals surface area contributed by atoms with Gasteiger partial charge in [0.1, 0.15) is 0 Å². The molecule has 0 heterocycles. The van der Waals surface area contributed by atoms with E-state index in [2.05, 4.69) is 43.0 Å². The first kappa shape index (κ1) is 14.6. The molecule has 0 saturated heterocycles. The maximum Gasteiger partial charge on any atom is 0.0139 e. The van der Waals surface area contributed by atoms with Crippen molar-refractivity contribution in [1.82, 2.24) is 4.90 Å². The maximum atomic E-state index is 2.77. The molecule has 0 N–H and O–H groups in total. The molecule has 0 radical (unpaired) electrons. The Bertz CT molecular complexity index is 364. The van der Waals surface area contributed by atoms with E-state index in [4.69, 9.17) is 0 Å². The Hall–Kier alpha value is -0.820. The van der Waals surface area contributed by atoms with Gasteiger partial charge in [-0.3, -0.25) is 0 Å². The molecule has 1 aromatic carbocycles. The van der Waals surface area contributed by atoms with Gasteiger partial charge in [-0.2, -0.15) is 0 Å². The number of benzene rings is 1. The van der Waals surface area contributed by atoms with E-state index in [1.165, 1.54) is 58.0 Å². The van der Waals surface area contributed by atoms with Crippen LogP contribution < -0.4 is 0 Å². The van der Waals surface area contributed by atoms with Crippen LogP contribution in [0.2, 0.25) is 0 Å². The average molecular weight is 259 g/mol. The van der Waals surface area contributed by atoms with Gasteiger partial charge in [-0.1, -0.05) is 51.0 Å². The molecule has 1 unspecified atom stereocenters. The molecule has 1 aliphatic carbocycles. The highest BCUT2D eigenvalue weighted by Gasteiger charge is 2.23. The Morgan fingerprint density at radius 2 is 1.63 bits per heavy atom. The second-order valence-electron chi connectivity index (χ2n) is 5.91. The predicted octanol–water partition coefficient (Wildman–Crippen LogP) is 4.45. The second kappa shape index (κ2) is 7.69. The zero-order valence-electron chi connectivity index (χ0n) is 12.7. The predicted molar refractivity (Wildman–Crippen MR) is 83.6 cm³/mol. The third-order valence-electron chi connectivity index (χ3n) is 4.43. The van der Waals surface area contributed by atoms with Crippen LogP contribution in [0.5, 0.6) is 0 Å². The van der Waals surface area contributed by atoms with E-state index in [9.17, 15) is 0 Å². The molecule has 1 aromatic rings. The molecule has 0 amide bonds. The Morgan fingerprint density at radius 3 is 2.26 bits per heavy atom. The minimum absolute atomic E-state index is 0.785. The van der Waals surface area contributed by atoms with E-state index >= 15 is 0 Å². The van der Waals surface area contributed by atoms with E-state index < -0.39 is 0 Å². The molecule has 0 spiro atoms. The molecule has 0 bridgehead atoms. The fourth-order valence-electron chi connectivity index (χ4n) is 3.19. The third-order valence-corrected chi connectivity index (χ3v) is 4.43. The normalized spacial score (nSPS) is 18.6. The standard InChI is InChI=1S/C18H29N/c1-3-5-13-19(14-6-4-2)18-12-11-16-9-7-8-10-17(16)15-18/h7-10,18H,3-6,11-15H2,1-2H3. The molecule has 1 nitrogen and oxygen atoms in total. The van der Waals surface area contributed by atoms with Crippen molar-refractivity contribution in [3.63, 3.8) is 0 Å². The van der Waals surface area contributed by atoms with E-state index in [0.717, 1.165) is 6.04 Å². The molecular formula is C18H29N. The number of hydrogen-bond acceptors (Lipinski definition) is 1. The zero-order valence-corrected chi connectivity index (χ0v) is 12.7. The molecule has 19 heavy (non-hydrogen) atoms. The van der Waals surface area contributed by atoms with E-state index in [-0.39, 0.29) is 0 Å². The quantitative estimate of drug-likeness (QED) is 0.699. The van der Waals surface area contributed by atoms with Crippen molar-refractivity contribution < 1.29 is 0 Å². The van der Waals surface area contributed by atoms with Crippen LogP contribution in [0, 0.1) is 0 Å². The molecule has 0 aliphatic heterocycles. The topological polar surface area (TPSA) is 3.24 Å². The maximum absolute atomic E-state index is 2.77. The summed E-state index contributed by atoms with van der Waals surface area (Å²) in [4.78, 5) is 2.77. The summed E-state index contributed by atoms with van der Waals surface area (Å²) in [7, 11) is 0. The van der Waals surface area contributed by atoms with Gasteiger partial charge in [-0.05, 0) is 56.3 Å². The first-order valence-electron chi connectivity index (χ1n) is 8.16. The van der Waals surface area contributed by atoms with Gasteiger partial charge in [0.25, 0.3) is 0 Å². The van der Waals surface area contributed by atoms with Crippen LogP contribution in [0.25, 0.3) is 0 Å². The number of fused-ring (bicyclic) bond motifs is 1. The van der Waals surface area contributed by atoms with Crippen LogP contribution in [0.4, 0.5) is 0 Å².